The third-order valence-corrected chi connectivity index (χ3v) is 2.55. The minimum absolute atomic E-state index is 0.132. The largest absolute Gasteiger partial charge is 0.398 e. The Labute approximate surface area is 108 Å². The van der Waals surface area contributed by atoms with Crippen LogP contribution in [0, 0.1) is 5.95 Å². The number of hydrogen-bond acceptors (Lipinski definition) is 3. The summed E-state index contributed by atoms with van der Waals surface area (Å²) in [6.45, 7) is 0. The topological polar surface area (TPSA) is 68.0 Å². The standard InChI is InChI=1S/C12H9ClFN3O/c13-8-6-7(4-5-9(8)15)12(18)17-11-3-1-2-10(14)16-11/h1-6H,15H2,(H,16,17,18). The number of nitrogens with zero attached hydrogens (tertiary/aromatic N) is 1. The molecule has 0 atom stereocenters. The number of aromatic nitrogens is 1. The maximum absolute atomic E-state index is 12.8. The molecule has 0 aliphatic carbocycles. The van der Waals surface area contributed by atoms with Gasteiger partial charge in [-0.05, 0) is 30.3 Å². The summed E-state index contributed by atoms with van der Waals surface area (Å²) in [5, 5.41) is 2.74. The molecule has 18 heavy (non-hydrogen) atoms. The van der Waals surface area contributed by atoms with E-state index in [1.165, 1.54) is 36.4 Å². The molecule has 0 aliphatic heterocycles. The van der Waals surface area contributed by atoms with Crippen molar-refractivity contribution in [2.45, 2.75) is 0 Å². The Hall–Kier alpha value is -2.14. The number of nitrogens with two attached hydrogens (primary N) is 1. The van der Waals surface area contributed by atoms with Crippen LogP contribution in [0.15, 0.2) is 36.4 Å². The van der Waals surface area contributed by atoms with E-state index in [0.717, 1.165) is 0 Å². The Morgan fingerprint density at radius 2 is 2.11 bits per heavy atom. The zero-order valence-electron chi connectivity index (χ0n) is 9.15. The summed E-state index contributed by atoms with van der Waals surface area (Å²) in [5.74, 6) is -0.967. The van der Waals surface area contributed by atoms with Crippen LogP contribution in [0.3, 0.4) is 0 Å². The number of carbonyl (C=O) groups is 1. The number of anilines is 2. The van der Waals surface area contributed by atoms with E-state index in [1.807, 2.05) is 0 Å². The SMILES string of the molecule is Nc1ccc(C(=O)Nc2cccc(F)n2)cc1Cl. The van der Waals surface area contributed by atoms with Crippen molar-refractivity contribution in [1.82, 2.24) is 4.98 Å². The highest BCUT2D eigenvalue weighted by molar-refractivity contribution is 6.33. The molecule has 6 heteroatoms. The van der Waals surface area contributed by atoms with Gasteiger partial charge in [0.25, 0.3) is 5.91 Å². The fraction of sp³-hybridized carbons (Fsp3) is 0. The number of hydrogen-bond donors (Lipinski definition) is 2. The van der Waals surface area contributed by atoms with E-state index in [9.17, 15) is 9.18 Å². The number of benzene rings is 1. The molecule has 0 saturated carbocycles. The molecule has 0 saturated heterocycles. The fourth-order valence-electron chi connectivity index (χ4n) is 1.33. The maximum atomic E-state index is 12.8. The molecule has 1 aromatic carbocycles. The van der Waals surface area contributed by atoms with Gasteiger partial charge in [-0.3, -0.25) is 4.79 Å². The van der Waals surface area contributed by atoms with Crippen LogP contribution in [-0.2, 0) is 0 Å². The van der Waals surface area contributed by atoms with Crippen LogP contribution < -0.4 is 11.1 Å². The summed E-state index contributed by atoms with van der Waals surface area (Å²) in [6.07, 6.45) is 0. The predicted molar refractivity (Wildman–Crippen MR) is 68.0 cm³/mol. The molecule has 0 unspecified atom stereocenters. The van der Waals surface area contributed by atoms with Crippen molar-refractivity contribution in [3.05, 3.63) is 52.9 Å². The Morgan fingerprint density at radius 1 is 1.33 bits per heavy atom. The van der Waals surface area contributed by atoms with Gasteiger partial charge in [0, 0.05) is 5.56 Å². The summed E-state index contributed by atoms with van der Waals surface area (Å²) in [5.41, 5.74) is 6.24. The fourth-order valence-corrected chi connectivity index (χ4v) is 1.52. The number of rotatable bonds is 2. The van der Waals surface area contributed by atoms with Gasteiger partial charge in [0.1, 0.15) is 5.82 Å². The number of amides is 1. The minimum Gasteiger partial charge on any atom is -0.398 e. The molecule has 0 radical (unpaired) electrons. The normalized spacial score (nSPS) is 10.1. The molecule has 2 aromatic rings. The van der Waals surface area contributed by atoms with Gasteiger partial charge in [0.05, 0.1) is 10.7 Å². The summed E-state index contributed by atoms with van der Waals surface area (Å²) in [4.78, 5) is 15.3. The highest BCUT2D eigenvalue weighted by atomic mass is 35.5. The molecule has 1 amide bonds. The van der Waals surface area contributed by atoms with E-state index >= 15 is 0 Å². The summed E-state index contributed by atoms with van der Waals surface area (Å²) < 4.78 is 12.8. The molecule has 4 nitrogen and oxygen atoms in total. The van der Waals surface area contributed by atoms with E-state index in [2.05, 4.69) is 10.3 Å². The second-order valence-corrected chi connectivity index (χ2v) is 3.94. The predicted octanol–water partition coefficient (Wildman–Crippen LogP) is 2.71. The van der Waals surface area contributed by atoms with Crippen molar-refractivity contribution in [3.63, 3.8) is 0 Å². The maximum Gasteiger partial charge on any atom is 0.256 e. The van der Waals surface area contributed by atoms with Gasteiger partial charge < -0.3 is 11.1 Å². The third-order valence-electron chi connectivity index (χ3n) is 2.22. The van der Waals surface area contributed by atoms with Crippen LogP contribution in [0.5, 0.6) is 0 Å². The third kappa shape index (κ3) is 2.75. The first-order valence-electron chi connectivity index (χ1n) is 5.05. The minimum atomic E-state index is -0.664. The van der Waals surface area contributed by atoms with Gasteiger partial charge in [0.2, 0.25) is 5.95 Å². The number of carbonyl (C=O) groups excluding carboxylic acids is 1. The first kappa shape index (κ1) is 12.3. The molecule has 0 fully saturated rings. The molecule has 0 bridgehead atoms. The highest BCUT2D eigenvalue weighted by Crippen LogP contribution is 2.20. The van der Waals surface area contributed by atoms with Crippen molar-refractivity contribution in [2.24, 2.45) is 0 Å². The highest BCUT2D eigenvalue weighted by Gasteiger charge is 2.09. The van der Waals surface area contributed by atoms with Crippen LogP contribution in [0.25, 0.3) is 0 Å². The van der Waals surface area contributed by atoms with Gasteiger partial charge in [-0.2, -0.15) is 4.39 Å². The average molecular weight is 266 g/mol. The Kier molecular flexibility index (Phi) is 3.43. The molecule has 3 N–H and O–H groups in total. The van der Waals surface area contributed by atoms with E-state index in [-0.39, 0.29) is 10.8 Å². The first-order valence-corrected chi connectivity index (χ1v) is 5.43. The zero-order valence-corrected chi connectivity index (χ0v) is 9.91. The number of pyridine rings is 1. The lowest BCUT2D eigenvalue weighted by molar-refractivity contribution is 0.102. The molecule has 0 aliphatic rings. The lowest BCUT2D eigenvalue weighted by Crippen LogP contribution is -2.13. The van der Waals surface area contributed by atoms with Crippen molar-refractivity contribution < 1.29 is 9.18 Å². The molecule has 1 aromatic heterocycles. The van der Waals surface area contributed by atoms with Crippen LogP contribution in [0.4, 0.5) is 15.9 Å². The lowest BCUT2D eigenvalue weighted by atomic mass is 10.2. The molecule has 1 heterocycles. The van der Waals surface area contributed by atoms with Crippen molar-refractivity contribution in [3.8, 4) is 0 Å². The zero-order chi connectivity index (χ0) is 13.1. The molecule has 92 valence electrons. The quantitative estimate of drug-likeness (QED) is 0.648. The first-order chi connectivity index (χ1) is 8.56. The van der Waals surface area contributed by atoms with Crippen LogP contribution in [-0.4, -0.2) is 10.9 Å². The Bertz CT molecular complexity index is 604. The molecule has 0 spiro atoms. The Morgan fingerprint density at radius 3 is 2.78 bits per heavy atom. The summed E-state index contributed by atoms with van der Waals surface area (Å²) in [7, 11) is 0. The van der Waals surface area contributed by atoms with Crippen LogP contribution >= 0.6 is 11.6 Å². The summed E-state index contributed by atoms with van der Waals surface area (Å²) >= 11 is 5.81. The average Bonchev–Trinajstić information content (AvgIpc) is 2.32. The lowest BCUT2D eigenvalue weighted by Gasteiger charge is -2.05. The van der Waals surface area contributed by atoms with E-state index in [0.29, 0.717) is 11.3 Å². The van der Waals surface area contributed by atoms with Gasteiger partial charge >= 0.3 is 0 Å². The van der Waals surface area contributed by atoms with Crippen molar-refractivity contribution in [1.29, 1.82) is 0 Å². The van der Waals surface area contributed by atoms with Gasteiger partial charge in [-0.15, -0.1) is 0 Å². The van der Waals surface area contributed by atoms with E-state index < -0.39 is 11.9 Å². The van der Waals surface area contributed by atoms with Crippen molar-refractivity contribution >= 4 is 29.0 Å². The number of nitrogens with one attached hydrogen (secondary N) is 1. The van der Waals surface area contributed by atoms with E-state index in [1.54, 1.807) is 0 Å². The van der Waals surface area contributed by atoms with Gasteiger partial charge in [-0.25, -0.2) is 4.98 Å². The summed E-state index contributed by atoms with van der Waals surface area (Å²) in [6, 6.07) is 8.61. The smallest absolute Gasteiger partial charge is 0.256 e. The second-order valence-electron chi connectivity index (χ2n) is 3.54. The van der Waals surface area contributed by atoms with Gasteiger partial charge in [0.15, 0.2) is 0 Å². The Balaban J connectivity index is 2.19. The number of halogens is 2. The van der Waals surface area contributed by atoms with Crippen molar-refractivity contribution in [2.75, 3.05) is 11.1 Å². The number of nitrogen functional groups attached to an aromatic ring is 1. The van der Waals surface area contributed by atoms with Crippen LogP contribution in [0.1, 0.15) is 10.4 Å². The monoisotopic (exact) mass is 265 g/mol. The van der Waals surface area contributed by atoms with E-state index in [4.69, 9.17) is 17.3 Å². The second kappa shape index (κ2) is 5.01. The molecular formula is C12H9ClFN3O. The molecular weight excluding hydrogens is 257 g/mol. The van der Waals surface area contributed by atoms with Gasteiger partial charge in [-0.1, -0.05) is 17.7 Å². The molecule has 2 rings (SSSR count). The van der Waals surface area contributed by atoms with Crippen LogP contribution in [0.2, 0.25) is 5.02 Å².